The zero-order valence-electron chi connectivity index (χ0n) is 19.6. The Morgan fingerprint density at radius 3 is 2.71 bits per heavy atom. The van der Waals surface area contributed by atoms with E-state index >= 15 is 0 Å². The highest BCUT2D eigenvalue weighted by Gasteiger charge is 2.33. The number of aromatic nitrogens is 2. The van der Waals surface area contributed by atoms with Gasteiger partial charge >= 0.3 is 0 Å². The average Bonchev–Trinajstić information content (AvgIpc) is 3.35. The van der Waals surface area contributed by atoms with Gasteiger partial charge in [-0.3, -0.25) is 19.5 Å². The van der Waals surface area contributed by atoms with E-state index < -0.39 is 6.10 Å². The summed E-state index contributed by atoms with van der Waals surface area (Å²) in [5.41, 5.74) is 5.88. The minimum atomic E-state index is -0.683. The molecule has 0 radical (unpaired) electrons. The van der Waals surface area contributed by atoms with Crippen molar-refractivity contribution in [2.24, 2.45) is 0 Å². The van der Waals surface area contributed by atoms with E-state index in [2.05, 4.69) is 10.3 Å². The van der Waals surface area contributed by atoms with Crippen LogP contribution in [0.4, 0.5) is 11.4 Å². The van der Waals surface area contributed by atoms with E-state index in [0.717, 1.165) is 33.1 Å². The third kappa shape index (κ3) is 4.65. The first-order valence-corrected chi connectivity index (χ1v) is 12.1. The van der Waals surface area contributed by atoms with Crippen molar-refractivity contribution in [3.8, 4) is 27.7 Å². The number of rotatable bonds is 5. The Labute approximate surface area is 207 Å². The average molecular weight is 485 g/mol. The van der Waals surface area contributed by atoms with Crippen molar-refractivity contribution in [2.75, 3.05) is 16.8 Å². The molecule has 4 aromatic rings. The molecule has 0 aliphatic carbocycles. The van der Waals surface area contributed by atoms with Crippen LogP contribution in [0.3, 0.4) is 0 Å². The molecule has 1 aliphatic rings. The normalized spacial score (nSPS) is 14.9. The number of fused-ring (bicyclic) bond motifs is 1. The van der Waals surface area contributed by atoms with E-state index in [1.54, 1.807) is 13.1 Å². The summed E-state index contributed by atoms with van der Waals surface area (Å²) in [5.74, 6) is 0.00972. The second kappa shape index (κ2) is 9.31. The molecule has 3 heterocycles. The highest BCUT2D eigenvalue weighted by atomic mass is 32.1. The van der Waals surface area contributed by atoms with Crippen LogP contribution in [0.2, 0.25) is 0 Å². The van der Waals surface area contributed by atoms with Gasteiger partial charge in [-0.1, -0.05) is 12.1 Å². The number of hydrogen-bond acceptors (Lipinski definition) is 6. The van der Waals surface area contributed by atoms with Crippen molar-refractivity contribution >= 4 is 34.5 Å². The maximum atomic E-state index is 13.0. The molecule has 2 aromatic carbocycles. The summed E-state index contributed by atoms with van der Waals surface area (Å²) >= 11 is 1.50. The van der Waals surface area contributed by atoms with E-state index in [-0.39, 0.29) is 18.4 Å². The van der Waals surface area contributed by atoms with Gasteiger partial charge in [0.2, 0.25) is 5.91 Å². The van der Waals surface area contributed by atoms with Gasteiger partial charge in [-0.05, 0) is 74.4 Å². The molecule has 8 heteroatoms. The monoisotopic (exact) mass is 484 g/mol. The van der Waals surface area contributed by atoms with Crippen LogP contribution in [0.25, 0.3) is 22.0 Å². The summed E-state index contributed by atoms with van der Waals surface area (Å²) in [4.78, 5) is 36.5. The molecular weight excluding hydrogens is 460 g/mol. The lowest BCUT2D eigenvalue weighted by molar-refractivity contribution is -0.127. The molecule has 2 aromatic heterocycles. The summed E-state index contributed by atoms with van der Waals surface area (Å²) in [7, 11) is 0. The van der Waals surface area contributed by atoms with Crippen LogP contribution in [0.5, 0.6) is 5.75 Å². The second-order valence-corrected chi connectivity index (χ2v) is 9.33. The molecule has 1 N–H and O–H groups in total. The van der Waals surface area contributed by atoms with Crippen LogP contribution < -0.4 is 15.0 Å². The van der Waals surface area contributed by atoms with Gasteiger partial charge in [0, 0.05) is 22.8 Å². The lowest BCUT2D eigenvalue weighted by Crippen LogP contribution is -2.47. The first kappa shape index (κ1) is 22.7. The van der Waals surface area contributed by atoms with Crippen LogP contribution in [0, 0.1) is 13.8 Å². The number of thiazole rings is 1. The van der Waals surface area contributed by atoms with Crippen molar-refractivity contribution in [1.29, 1.82) is 0 Å². The van der Waals surface area contributed by atoms with Crippen molar-refractivity contribution in [3.63, 3.8) is 0 Å². The fourth-order valence-electron chi connectivity index (χ4n) is 3.91. The molecule has 2 amide bonds. The zero-order chi connectivity index (χ0) is 24.5. The molecule has 0 saturated heterocycles. The Hall–Kier alpha value is -4.04. The largest absolute Gasteiger partial charge is 0.479 e. The van der Waals surface area contributed by atoms with Gasteiger partial charge in [-0.2, -0.15) is 0 Å². The summed E-state index contributed by atoms with van der Waals surface area (Å²) in [6.07, 6.45) is 1.05. The minimum absolute atomic E-state index is 0.119. The van der Waals surface area contributed by atoms with Gasteiger partial charge in [0.15, 0.2) is 6.10 Å². The molecule has 0 fully saturated rings. The maximum absolute atomic E-state index is 13.0. The SMILES string of the molecule is Cc1ccc(NC(=O)CN2C(=O)C(C)Oc3ccc(-c4csc(-c5ccccn5)n4)cc32)cc1C. The number of ether oxygens (including phenoxy) is 1. The van der Waals surface area contributed by atoms with E-state index in [1.165, 1.54) is 16.2 Å². The first-order chi connectivity index (χ1) is 16.9. The molecule has 176 valence electrons. The van der Waals surface area contributed by atoms with Gasteiger partial charge in [-0.25, -0.2) is 4.98 Å². The van der Waals surface area contributed by atoms with Crippen LogP contribution in [-0.2, 0) is 9.59 Å². The summed E-state index contributed by atoms with van der Waals surface area (Å²) < 4.78 is 5.82. The predicted octanol–water partition coefficient (Wildman–Crippen LogP) is 5.24. The molecule has 0 saturated carbocycles. The number of carbonyl (C=O) groups is 2. The smallest absolute Gasteiger partial charge is 0.268 e. The summed E-state index contributed by atoms with van der Waals surface area (Å²) in [6, 6.07) is 17.0. The standard InChI is InChI=1S/C27H24N4O3S/c1-16-7-9-20(12-17(16)2)29-25(32)14-31-23-13-19(8-10-24(23)34-18(3)27(31)33)22-15-35-26(30-22)21-6-4-5-11-28-21/h4-13,15,18H,14H2,1-3H3,(H,29,32). The lowest BCUT2D eigenvalue weighted by atomic mass is 10.1. The van der Waals surface area contributed by atoms with Gasteiger partial charge in [0.1, 0.15) is 17.3 Å². The second-order valence-electron chi connectivity index (χ2n) is 8.47. The molecule has 1 unspecified atom stereocenters. The molecule has 1 aliphatic heterocycles. The highest BCUT2D eigenvalue weighted by Crippen LogP contribution is 2.38. The number of hydrogen-bond donors (Lipinski definition) is 1. The van der Waals surface area contributed by atoms with E-state index in [1.807, 2.05) is 73.8 Å². The first-order valence-electron chi connectivity index (χ1n) is 11.3. The third-order valence-corrected chi connectivity index (χ3v) is 6.81. The number of carbonyl (C=O) groups excluding carboxylic acids is 2. The molecular formula is C27H24N4O3S. The quantitative estimate of drug-likeness (QED) is 0.419. The molecule has 5 rings (SSSR count). The Morgan fingerprint density at radius 2 is 1.94 bits per heavy atom. The van der Waals surface area contributed by atoms with Crippen molar-refractivity contribution < 1.29 is 14.3 Å². The Kier molecular flexibility index (Phi) is 6.05. The van der Waals surface area contributed by atoms with Crippen molar-refractivity contribution in [1.82, 2.24) is 9.97 Å². The lowest BCUT2D eigenvalue weighted by Gasteiger charge is -2.32. The Bertz CT molecular complexity index is 1420. The van der Waals surface area contributed by atoms with Crippen LogP contribution in [-0.4, -0.2) is 34.4 Å². The van der Waals surface area contributed by atoms with Crippen LogP contribution in [0.15, 0.2) is 66.2 Å². The fourth-order valence-corrected chi connectivity index (χ4v) is 4.71. The number of pyridine rings is 1. The molecule has 1 atom stereocenters. The van der Waals surface area contributed by atoms with Gasteiger partial charge in [0.25, 0.3) is 5.91 Å². The van der Waals surface area contributed by atoms with Crippen LogP contribution in [0.1, 0.15) is 18.1 Å². The summed E-state index contributed by atoms with van der Waals surface area (Å²) in [6.45, 7) is 5.58. The zero-order valence-corrected chi connectivity index (χ0v) is 20.4. The molecule has 0 bridgehead atoms. The van der Waals surface area contributed by atoms with Crippen molar-refractivity contribution in [2.45, 2.75) is 26.9 Å². The Balaban J connectivity index is 1.42. The van der Waals surface area contributed by atoms with Crippen molar-refractivity contribution in [3.05, 3.63) is 77.3 Å². The number of nitrogens with one attached hydrogen (secondary N) is 1. The number of benzene rings is 2. The molecule has 0 spiro atoms. The minimum Gasteiger partial charge on any atom is -0.479 e. The highest BCUT2D eigenvalue weighted by molar-refractivity contribution is 7.13. The molecule has 35 heavy (non-hydrogen) atoms. The van der Waals surface area contributed by atoms with Gasteiger partial charge in [-0.15, -0.1) is 11.3 Å². The van der Waals surface area contributed by atoms with Gasteiger partial charge < -0.3 is 10.1 Å². The fraction of sp³-hybridized carbons (Fsp3) is 0.185. The van der Waals surface area contributed by atoms with E-state index in [4.69, 9.17) is 9.72 Å². The number of nitrogens with zero attached hydrogens (tertiary/aromatic N) is 3. The van der Waals surface area contributed by atoms with E-state index in [0.29, 0.717) is 17.1 Å². The van der Waals surface area contributed by atoms with Gasteiger partial charge in [0.05, 0.1) is 17.1 Å². The molecule has 7 nitrogen and oxygen atoms in total. The van der Waals surface area contributed by atoms with Crippen LogP contribution >= 0.6 is 11.3 Å². The Morgan fingerprint density at radius 1 is 1.09 bits per heavy atom. The maximum Gasteiger partial charge on any atom is 0.268 e. The summed E-state index contributed by atoms with van der Waals surface area (Å²) in [5, 5.41) is 5.66. The number of aryl methyl sites for hydroxylation is 2. The number of amides is 2. The topological polar surface area (TPSA) is 84.4 Å². The third-order valence-electron chi connectivity index (χ3n) is 5.94. The predicted molar refractivity (Wildman–Crippen MR) is 138 cm³/mol. The number of anilines is 2. The van der Waals surface area contributed by atoms with E-state index in [9.17, 15) is 9.59 Å².